The number of carbonyl (C=O) groups excluding carboxylic acids is 1. The lowest BCUT2D eigenvalue weighted by molar-refractivity contribution is 0.0772. The monoisotopic (exact) mass is 265 g/mol. The van der Waals surface area contributed by atoms with Crippen molar-refractivity contribution >= 4 is 5.91 Å². The molecule has 0 fully saturated rings. The van der Waals surface area contributed by atoms with Gasteiger partial charge in [-0.1, -0.05) is 0 Å². The summed E-state index contributed by atoms with van der Waals surface area (Å²) in [5, 5.41) is 0. The van der Waals surface area contributed by atoms with Crippen LogP contribution in [0.4, 0.5) is 0 Å². The second kappa shape index (κ2) is 7.67. The van der Waals surface area contributed by atoms with Gasteiger partial charge in [0, 0.05) is 18.7 Å². The zero-order valence-electron chi connectivity index (χ0n) is 12.2. The van der Waals surface area contributed by atoms with E-state index in [1.165, 1.54) is 0 Å². The molecule has 4 heteroatoms. The molecule has 0 aliphatic rings. The molecule has 1 aromatic rings. The van der Waals surface area contributed by atoms with Crippen LogP contribution in [0.25, 0.3) is 0 Å². The first-order chi connectivity index (χ1) is 9.17. The molecule has 0 heterocycles. The van der Waals surface area contributed by atoms with E-state index < -0.39 is 0 Å². The fourth-order valence-corrected chi connectivity index (χ4v) is 1.88. The van der Waals surface area contributed by atoms with Crippen molar-refractivity contribution in [1.82, 2.24) is 4.90 Å². The fourth-order valence-electron chi connectivity index (χ4n) is 1.88. The molecule has 0 spiro atoms. The van der Waals surface area contributed by atoms with Gasteiger partial charge in [0.05, 0.1) is 13.2 Å². The molecule has 106 valence electrons. The second-order valence-electron chi connectivity index (χ2n) is 4.00. The highest BCUT2D eigenvalue weighted by Crippen LogP contribution is 2.29. The van der Waals surface area contributed by atoms with E-state index in [4.69, 9.17) is 9.47 Å². The number of benzene rings is 1. The average Bonchev–Trinajstić information content (AvgIpc) is 2.42. The van der Waals surface area contributed by atoms with Crippen LogP contribution >= 0.6 is 0 Å². The highest BCUT2D eigenvalue weighted by Gasteiger charge is 2.15. The van der Waals surface area contributed by atoms with Crippen molar-refractivity contribution < 1.29 is 14.3 Å². The van der Waals surface area contributed by atoms with Crippen LogP contribution in [0.5, 0.6) is 11.5 Å². The molecule has 1 amide bonds. The Morgan fingerprint density at radius 3 is 2.11 bits per heavy atom. The van der Waals surface area contributed by atoms with Gasteiger partial charge in [0.2, 0.25) is 0 Å². The SMILES string of the molecule is CCOc1ccc(C(=O)N(CC)CC)cc1OCC. The topological polar surface area (TPSA) is 38.8 Å². The van der Waals surface area contributed by atoms with Crippen LogP contribution in [-0.4, -0.2) is 37.1 Å². The summed E-state index contributed by atoms with van der Waals surface area (Å²) in [6.07, 6.45) is 0. The minimum Gasteiger partial charge on any atom is -0.490 e. The van der Waals surface area contributed by atoms with Gasteiger partial charge < -0.3 is 14.4 Å². The molecule has 0 atom stereocenters. The van der Waals surface area contributed by atoms with Crippen molar-refractivity contribution in [2.24, 2.45) is 0 Å². The Balaban J connectivity index is 3.03. The molecule has 0 radical (unpaired) electrons. The first-order valence-corrected chi connectivity index (χ1v) is 6.86. The summed E-state index contributed by atoms with van der Waals surface area (Å²) in [6, 6.07) is 5.34. The van der Waals surface area contributed by atoms with Crippen molar-refractivity contribution in [1.29, 1.82) is 0 Å². The Morgan fingerprint density at radius 1 is 1.00 bits per heavy atom. The number of rotatable bonds is 7. The van der Waals surface area contributed by atoms with E-state index in [-0.39, 0.29) is 5.91 Å². The van der Waals surface area contributed by atoms with Crippen molar-refractivity contribution in [3.8, 4) is 11.5 Å². The van der Waals surface area contributed by atoms with Crippen LogP contribution in [0, 0.1) is 0 Å². The van der Waals surface area contributed by atoms with E-state index >= 15 is 0 Å². The van der Waals surface area contributed by atoms with Crippen molar-refractivity contribution in [3.05, 3.63) is 23.8 Å². The summed E-state index contributed by atoms with van der Waals surface area (Å²) < 4.78 is 11.0. The highest BCUT2D eigenvalue weighted by molar-refractivity contribution is 5.94. The minimum absolute atomic E-state index is 0.0222. The number of carbonyl (C=O) groups is 1. The van der Waals surface area contributed by atoms with Crippen LogP contribution in [0.15, 0.2) is 18.2 Å². The van der Waals surface area contributed by atoms with Crippen molar-refractivity contribution in [2.75, 3.05) is 26.3 Å². The molecule has 0 N–H and O–H groups in total. The van der Waals surface area contributed by atoms with Crippen molar-refractivity contribution in [3.63, 3.8) is 0 Å². The van der Waals surface area contributed by atoms with Gasteiger partial charge in [-0.05, 0) is 45.9 Å². The third-order valence-electron chi connectivity index (χ3n) is 2.84. The Hall–Kier alpha value is -1.71. The van der Waals surface area contributed by atoms with Gasteiger partial charge in [-0.15, -0.1) is 0 Å². The van der Waals surface area contributed by atoms with Crippen LogP contribution in [0.1, 0.15) is 38.1 Å². The minimum atomic E-state index is 0.0222. The highest BCUT2D eigenvalue weighted by atomic mass is 16.5. The number of nitrogens with zero attached hydrogens (tertiary/aromatic N) is 1. The molecule has 0 saturated carbocycles. The average molecular weight is 265 g/mol. The first kappa shape index (κ1) is 15.3. The second-order valence-corrected chi connectivity index (χ2v) is 4.00. The molecule has 0 aliphatic heterocycles. The molecule has 19 heavy (non-hydrogen) atoms. The van der Waals surface area contributed by atoms with Gasteiger partial charge in [-0.3, -0.25) is 4.79 Å². The Labute approximate surface area is 115 Å². The standard InChI is InChI=1S/C15H23NO3/c1-5-16(6-2)15(17)12-9-10-13(18-7-3)14(11-12)19-8-4/h9-11H,5-8H2,1-4H3. The summed E-state index contributed by atoms with van der Waals surface area (Å²) in [5.41, 5.74) is 0.635. The first-order valence-electron chi connectivity index (χ1n) is 6.86. The number of hydrogen-bond donors (Lipinski definition) is 0. The smallest absolute Gasteiger partial charge is 0.253 e. The van der Waals surface area contributed by atoms with E-state index in [2.05, 4.69) is 0 Å². The lowest BCUT2D eigenvalue weighted by Crippen LogP contribution is -2.30. The summed E-state index contributed by atoms with van der Waals surface area (Å²) in [5.74, 6) is 1.33. The molecule has 4 nitrogen and oxygen atoms in total. The van der Waals surface area contributed by atoms with Crippen LogP contribution in [0.2, 0.25) is 0 Å². The molecule has 1 rings (SSSR count). The van der Waals surface area contributed by atoms with E-state index in [9.17, 15) is 4.79 Å². The Morgan fingerprint density at radius 2 is 1.58 bits per heavy atom. The predicted octanol–water partition coefficient (Wildman–Crippen LogP) is 2.97. The molecular weight excluding hydrogens is 242 g/mol. The van der Waals surface area contributed by atoms with Crippen LogP contribution in [-0.2, 0) is 0 Å². The summed E-state index contributed by atoms with van der Waals surface area (Å²) in [6.45, 7) is 10.3. The molecule has 0 saturated heterocycles. The number of ether oxygens (including phenoxy) is 2. The van der Waals surface area contributed by atoms with Crippen molar-refractivity contribution in [2.45, 2.75) is 27.7 Å². The quantitative estimate of drug-likeness (QED) is 0.761. The van der Waals surface area contributed by atoms with Gasteiger partial charge in [-0.2, -0.15) is 0 Å². The maximum atomic E-state index is 12.3. The number of hydrogen-bond acceptors (Lipinski definition) is 3. The van der Waals surface area contributed by atoms with Gasteiger partial charge in [0.1, 0.15) is 0 Å². The molecule has 1 aromatic carbocycles. The summed E-state index contributed by atoms with van der Waals surface area (Å²) in [7, 11) is 0. The Bertz CT molecular complexity index is 414. The maximum Gasteiger partial charge on any atom is 0.253 e. The lowest BCUT2D eigenvalue weighted by atomic mass is 10.1. The van der Waals surface area contributed by atoms with Crippen LogP contribution < -0.4 is 9.47 Å². The third kappa shape index (κ3) is 3.88. The molecule has 0 aliphatic carbocycles. The summed E-state index contributed by atoms with van der Waals surface area (Å²) >= 11 is 0. The Kier molecular flexibility index (Phi) is 6.19. The van der Waals surface area contributed by atoms with Gasteiger partial charge in [-0.25, -0.2) is 0 Å². The maximum absolute atomic E-state index is 12.3. The third-order valence-corrected chi connectivity index (χ3v) is 2.84. The van der Waals surface area contributed by atoms with Gasteiger partial charge >= 0.3 is 0 Å². The summed E-state index contributed by atoms with van der Waals surface area (Å²) in [4.78, 5) is 14.0. The molecular formula is C15H23NO3. The van der Waals surface area contributed by atoms with Gasteiger partial charge in [0.15, 0.2) is 11.5 Å². The van der Waals surface area contributed by atoms with E-state index in [0.717, 1.165) is 0 Å². The van der Waals surface area contributed by atoms with Crippen LogP contribution in [0.3, 0.4) is 0 Å². The van der Waals surface area contributed by atoms with E-state index in [1.54, 1.807) is 23.1 Å². The lowest BCUT2D eigenvalue weighted by Gasteiger charge is -2.19. The molecule has 0 aromatic heterocycles. The normalized spacial score (nSPS) is 10.1. The number of amides is 1. The van der Waals surface area contributed by atoms with E-state index in [0.29, 0.717) is 43.4 Å². The zero-order chi connectivity index (χ0) is 14.3. The van der Waals surface area contributed by atoms with E-state index in [1.807, 2.05) is 27.7 Å². The largest absolute Gasteiger partial charge is 0.490 e. The van der Waals surface area contributed by atoms with Gasteiger partial charge in [0.25, 0.3) is 5.91 Å². The zero-order valence-corrected chi connectivity index (χ0v) is 12.2. The molecule has 0 unspecified atom stereocenters. The molecule has 0 bridgehead atoms. The fraction of sp³-hybridized carbons (Fsp3) is 0.533. The predicted molar refractivity (Wildman–Crippen MR) is 76.0 cm³/mol.